The maximum Gasteiger partial charge on any atom is 0.452 e. The van der Waals surface area contributed by atoms with E-state index in [0.29, 0.717) is 23.0 Å². The number of alkyl halides is 3. The number of hydrogen-bond acceptors (Lipinski definition) is 6. The summed E-state index contributed by atoms with van der Waals surface area (Å²) in [7, 11) is -4.24. The average Bonchev–Trinajstić information content (AvgIpc) is 3.05. The van der Waals surface area contributed by atoms with Crippen molar-refractivity contribution in [3.8, 4) is 10.6 Å². The first-order chi connectivity index (χ1) is 14.0. The minimum atomic E-state index is -4.72. The van der Waals surface area contributed by atoms with Gasteiger partial charge in [0.15, 0.2) is 0 Å². The fraction of sp³-hybridized carbons (Fsp3) is 0.222. The molecule has 1 saturated carbocycles. The highest BCUT2D eigenvalue weighted by atomic mass is 32.2. The van der Waals surface area contributed by atoms with Crippen LogP contribution in [0.1, 0.15) is 23.7 Å². The van der Waals surface area contributed by atoms with Crippen LogP contribution in [0, 0.1) is 0 Å². The van der Waals surface area contributed by atoms with Crippen molar-refractivity contribution in [2.75, 3.05) is 0 Å². The second kappa shape index (κ2) is 6.93. The first kappa shape index (κ1) is 20.6. The summed E-state index contributed by atoms with van der Waals surface area (Å²) in [5.74, 6) is -3.14. The molecule has 1 aliphatic rings. The summed E-state index contributed by atoms with van der Waals surface area (Å²) in [5.41, 5.74) is -1.16. The molecule has 2 heterocycles. The molecule has 4 rings (SSSR count). The van der Waals surface area contributed by atoms with Gasteiger partial charge in [-0.05, 0) is 24.1 Å². The van der Waals surface area contributed by atoms with Gasteiger partial charge in [-0.15, -0.1) is 11.3 Å². The highest BCUT2D eigenvalue weighted by Gasteiger charge is 2.63. The number of aliphatic carboxylic acids is 1. The Balaban J connectivity index is 1.59. The molecule has 0 amide bonds. The molecular weight excluding hydrogens is 445 g/mol. The Morgan fingerprint density at radius 2 is 1.93 bits per heavy atom. The van der Waals surface area contributed by atoms with Gasteiger partial charge in [0.05, 0.1) is 4.88 Å². The molecule has 0 aliphatic heterocycles. The van der Waals surface area contributed by atoms with Crippen LogP contribution >= 0.6 is 11.3 Å². The number of halogens is 3. The lowest BCUT2D eigenvalue weighted by Gasteiger charge is -2.14. The Kier molecular flexibility index (Phi) is 4.75. The van der Waals surface area contributed by atoms with Gasteiger partial charge in [-0.3, -0.25) is 4.79 Å². The number of thiophene rings is 1. The minimum Gasteiger partial charge on any atom is -0.480 e. The van der Waals surface area contributed by atoms with Gasteiger partial charge in [-0.2, -0.15) is 17.9 Å². The van der Waals surface area contributed by atoms with E-state index in [4.69, 9.17) is 0 Å². The molecule has 2 atom stereocenters. The Morgan fingerprint density at radius 1 is 1.23 bits per heavy atom. The van der Waals surface area contributed by atoms with Gasteiger partial charge < -0.3 is 9.63 Å². The number of rotatable bonds is 6. The van der Waals surface area contributed by atoms with Crippen LogP contribution in [-0.4, -0.2) is 30.2 Å². The van der Waals surface area contributed by atoms with Crippen LogP contribution < -0.4 is 4.72 Å². The zero-order valence-corrected chi connectivity index (χ0v) is 16.5. The van der Waals surface area contributed by atoms with E-state index in [1.54, 1.807) is 30.3 Å². The fourth-order valence-electron chi connectivity index (χ4n) is 3.16. The Hall–Kier alpha value is -2.70. The lowest BCUT2D eigenvalue weighted by Crippen LogP contribution is -2.44. The van der Waals surface area contributed by atoms with Gasteiger partial charge in [0.25, 0.3) is 10.0 Å². The smallest absolute Gasteiger partial charge is 0.452 e. The van der Waals surface area contributed by atoms with Crippen LogP contribution in [0.25, 0.3) is 10.6 Å². The van der Waals surface area contributed by atoms with Gasteiger partial charge >= 0.3 is 12.1 Å². The molecule has 0 radical (unpaired) electrons. The third-order valence-electron chi connectivity index (χ3n) is 4.75. The van der Waals surface area contributed by atoms with Crippen molar-refractivity contribution in [2.24, 2.45) is 0 Å². The van der Waals surface area contributed by atoms with Crippen molar-refractivity contribution >= 4 is 27.3 Å². The summed E-state index contributed by atoms with van der Waals surface area (Å²) in [5, 5.41) is 13.0. The summed E-state index contributed by atoms with van der Waals surface area (Å²) < 4.78 is 69.8. The van der Waals surface area contributed by atoms with E-state index in [1.165, 1.54) is 12.1 Å². The molecular formula is C18H13F3N2O5S2. The molecule has 158 valence electrons. The highest BCUT2D eigenvalue weighted by Crippen LogP contribution is 2.52. The average molecular weight is 458 g/mol. The lowest BCUT2D eigenvalue weighted by molar-refractivity contribution is -0.155. The van der Waals surface area contributed by atoms with Gasteiger partial charge in [-0.25, -0.2) is 8.42 Å². The zero-order valence-electron chi connectivity index (χ0n) is 14.9. The maximum absolute atomic E-state index is 12.8. The van der Waals surface area contributed by atoms with Gasteiger partial charge in [-0.1, -0.05) is 35.5 Å². The van der Waals surface area contributed by atoms with Crippen molar-refractivity contribution in [3.63, 3.8) is 0 Å². The SMILES string of the molecule is O=C(O)C1(NS(=O)(=O)c2ccc(-c3cc(C(F)(F)F)on3)s2)CC1c1ccccc1. The standard InChI is InChI=1S/C18H13F3N2O5S2/c19-18(20,21)14-8-12(22-28-14)13-6-7-15(29-13)30(26,27)23-17(16(24)25)9-11(17)10-4-2-1-3-5-10/h1-8,11,23H,9H2,(H,24,25). The number of nitrogens with zero attached hydrogens (tertiary/aromatic N) is 1. The van der Waals surface area contributed by atoms with E-state index in [2.05, 4.69) is 14.4 Å². The van der Waals surface area contributed by atoms with Gasteiger partial charge in [0, 0.05) is 12.0 Å². The summed E-state index contributed by atoms with van der Waals surface area (Å²) in [6, 6.07) is 11.8. The monoisotopic (exact) mass is 458 g/mol. The van der Waals surface area contributed by atoms with Crippen LogP contribution in [0.5, 0.6) is 0 Å². The number of aromatic nitrogens is 1. The Labute approximate surface area is 172 Å². The van der Waals surface area contributed by atoms with Crippen molar-refractivity contribution < 1.29 is 36.0 Å². The number of nitrogens with one attached hydrogen (secondary N) is 1. The largest absolute Gasteiger partial charge is 0.480 e. The molecule has 30 heavy (non-hydrogen) atoms. The number of benzene rings is 1. The van der Waals surface area contributed by atoms with E-state index in [0.717, 1.165) is 0 Å². The van der Waals surface area contributed by atoms with Crippen molar-refractivity contribution in [1.29, 1.82) is 0 Å². The van der Waals surface area contributed by atoms with Crippen molar-refractivity contribution in [3.05, 3.63) is 59.9 Å². The summed E-state index contributed by atoms with van der Waals surface area (Å²) in [4.78, 5) is 12.0. The zero-order chi connectivity index (χ0) is 21.7. The van der Waals surface area contributed by atoms with Crippen LogP contribution in [0.4, 0.5) is 13.2 Å². The normalized spacial score (nSPS) is 21.5. The second-order valence-corrected chi connectivity index (χ2v) is 9.74. The third-order valence-corrected chi connectivity index (χ3v) is 7.86. The number of carbonyl (C=O) groups is 1. The summed E-state index contributed by atoms with van der Waals surface area (Å²) >= 11 is 0.661. The lowest BCUT2D eigenvalue weighted by atomic mass is 10.1. The second-order valence-electron chi connectivity index (χ2n) is 6.74. The predicted octanol–water partition coefficient (Wildman–Crippen LogP) is 3.71. The first-order valence-electron chi connectivity index (χ1n) is 8.49. The van der Waals surface area contributed by atoms with Gasteiger partial charge in [0.2, 0.25) is 5.76 Å². The number of sulfonamides is 1. The van der Waals surface area contributed by atoms with Crippen LogP contribution in [0.15, 0.2) is 57.3 Å². The molecule has 7 nitrogen and oxygen atoms in total. The molecule has 2 unspecified atom stereocenters. The van der Waals surface area contributed by atoms with Gasteiger partial charge in [0.1, 0.15) is 15.4 Å². The van der Waals surface area contributed by atoms with Crippen LogP contribution in [-0.2, 0) is 21.0 Å². The molecule has 1 aromatic carbocycles. The number of carboxylic acid groups (broad SMARTS) is 1. The Morgan fingerprint density at radius 3 is 2.53 bits per heavy atom. The van der Waals surface area contributed by atoms with E-state index in [1.807, 2.05) is 0 Å². The molecule has 3 aromatic rings. The maximum atomic E-state index is 12.8. The first-order valence-corrected chi connectivity index (χ1v) is 10.8. The molecule has 0 saturated heterocycles. The van der Waals surface area contributed by atoms with Crippen LogP contribution in [0.2, 0.25) is 0 Å². The predicted molar refractivity (Wildman–Crippen MR) is 99.3 cm³/mol. The Bertz CT molecular complexity index is 1200. The highest BCUT2D eigenvalue weighted by molar-refractivity contribution is 7.91. The van der Waals surface area contributed by atoms with E-state index in [9.17, 15) is 31.5 Å². The fourth-order valence-corrected chi connectivity index (χ4v) is 5.82. The van der Waals surface area contributed by atoms with E-state index < -0.39 is 39.4 Å². The molecule has 2 N–H and O–H groups in total. The van der Waals surface area contributed by atoms with E-state index >= 15 is 0 Å². The summed E-state index contributed by atoms with van der Waals surface area (Å²) in [6.07, 6.45) is -4.63. The molecule has 0 spiro atoms. The van der Waals surface area contributed by atoms with Crippen molar-refractivity contribution in [2.45, 2.75) is 28.3 Å². The van der Waals surface area contributed by atoms with Crippen LogP contribution in [0.3, 0.4) is 0 Å². The quantitative estimate of drug-likeness (QED) is 0.583. The molecule has 1 fully saturated rings. The molecule has 1 aliphatic carbocycles. The van der Waals surface area contributed by atoms with Crippen molar-refractivity contribution in [1.82, 2.24) is 9.88 Å². The number of carboxylic acids is 1. The molecule has 2 aromatic heterocycles. The summed E-state index contributed by atoms with van der Waals surface area (Å²) in [6.45, 7) is 0. The van der Waals surface area contributed by atoms with E-state index in [-0.39, 0.29) is 21.2 Å². The topological polar surface area (TPSA) is 110 Å². The number of hydrogen-bond donors (Lipinski definition) is 2. The molecule has 0 bridgehead atoms. The third kappa shape index (κ3) is 3.61. The molecule has 12 heteroatoms. The minimum absolute atomic E-state index is 0.0854.